The number of benzene rings is 1. The van der Waals surface area contributed by atoms with Gasteiger partial charge < -0.3 is 28.5 Å². The maximum absolute atomic E-state index is 6.17. The third-order valence-electron chi connectivity index (χ3n) is 5.63. The van der Waals surface area contributed by atoms with Crippen LogP contribution in [0.15, 0.2) is 40.8 Å². The van der Waals surface area contributed by atoms with Crippen molar-refractivity contribution in [2.24, 2.45) is 0 Å². The zero-order valence-corrected chi connectivity index (χ0v) is 20.3. The molecule has 8 heteroatoms. The molecule has 1 fully saturated rings. The van der Waals surface area contributed by atoms with Gasteiger partial charge in [0.25, 0.3) is 19.4 Å². The zero-order valence-electron chi connectivity index (χ0n) is 18.5. The Kier molecular flexibility index (Phi) is 7.10. The van der Waals surface area contributed by atoms with Crippen molar-refractivity contribution < 1.29 is 18.3 Å². The number of hydrogen-bond acceptors (Lipinski definition) is 6. The van der Waals surface area contributed by atoms with Gasteiger partial charge in [0.2, 0.25) is 0 Å². The Balaban J connectivity index is 1.47. The Morgan fingerprint density at radius 2 is 1.77 bits per heavy atom. The maximum Gasteiger partial charge on any atom is 0.270 e. The van der Waals surface area contributed by atoms with Crippen LogP contribution in [0, 0.1) is 0 Å². The van der Waals surface area contributed by atoms with Gasteiger partial charge in [-0.2, -0.15) is 0 Å². The van der Waals surface area contributed by atoms with Crippen molar-refractivity contribution in [3.63, 3.8) is 0 Å². The number of rotatable bonds is 6. The number of thiocarbonyl (C=S) groups is 1. The summed E-state index contributed by atoms with van der Waals surface area (Å²) >= 11 is 5.31. The van der Waals surface area contributed by atoms with Gasteiger partial charge in [0.15, 0.2) is 0 Å². The zero-order chi connectivity index (χ0) is 21.8. The summed E-state index contributed by atoms with van der Waals surface area (Å²) in [7, 11) is -1.93. The van der Waals surface area contributed by atoms with Crippen molar-refractivity contribution in [3.8, 4) is 5.95 Å². The highest BCUT2D eigenvalue weighted by atomic mass is 32.1. The summed E-state index contributed by atoms with van der Waals surface area (Å²) in [4.78, 5) is 2.31. The van der Waals surface area contributed by atoms with Gasteiger partial charge in [0.05, 0.1) is 13.2 Å². The molecule has 1 aliphatic heterocycles. The van der Waals surface area contributed by atoms with E-state index in [-0.39, 0.29) is 11.6 Å². The molecule has 1 aromatic carbocycles. The first kappa shape index (κ1) is 22.6. The van der Waals surface area contributed by atoms with Crippen molar-refractivity contribution in [1.29, 1.82) is 0 Å². The summed E-state index contributed by atoms with van der Waals surface area (Å²) in [6, 6.07) is 11.9. The fourth-order valence-electron chi connectivity index (χ4n) is 2.76. The lowest BCUT2D eigenvalue weighted by atomic mass is 10.2. The largest absolute Gasteiger partial charge is 0.519 e. The highest BCUT2D eigenvalue weighted by molar-refractivity contribution is 7.80. The Morgan fingerprint density at radius 3 is 2.40 bits per heavy atom. The molecule has 0 amide bonds. The summed E-state index contributed by atoms with van der Waals surface area (Å²) in [6.45, 7) is 14.6. The number of nitrogens with one attached hydrogen (secondary N) is 1. The van der Waals surface area contributed by atoms with E-state index in [1.807, 2.05) is 24.3 Å². The monoisotopic (exact) mass is 448 g/mol. The van der Waals surface area contributed by atoms with E-state index in [4.69, 9.17) is 30.5 Å². The molecule has 1 saturated heterocycles. The van der Waals surface area contributed by atoms with Crippen molar-refractivity contribution in [3.05, 3.63) is 42.2 Å². The summed E-state index contributed by atoms with van der Waals surface area (Å²) < 4.78 is 23.0. The van der Waals surface area contributed by atoms with E-state index in [1.54, 1.807) is 0 Å². The Morgan fingerprint density at radius 1 is 1.10 bits per heavy atom. The molecule has 0 radical (unpaired) electrons. The molecular weight excluding hydrogens is 416 g/mol. The summed E-state index contributed by atoms with van der Waals surface area (Å²) in [5.74, 6) is 1.22. The van der Waals surface area contributed by atoms with Crippen LogP contribution >= 0.6 is 12.2 Å². The summed E-state index contributed by atoms with van der Waals surface area (Å²) in [5, 5.41) is 3.52. The van der Waals surface area contributed by atoms with Gasteiger partial charge in [-0.25, -0.2) is 0 Å². The van der Waals surface area contributed by atoms with Crippen LogP contribution in [0.5, 0.6) is 5.95 Å². The minimum atomic E-state index is -1.93. The van der Waals surface area contributed by atoms with E-state index in [1.165, 1.54) is 5.69 Å². The molecule has 0 bridgehead atoms. The van der Waals surface area contributed by atoms with Crippen LogP contribution in [0.2, 0.25) is 18.1 Å². The first-order valence-corrected chi connectivity index (χ1v) is 13.6. The number of morpholine rings is 1. The molecule has 164 valence electrons. The van der Waals surface area contributed by atoms with Crippen molar-refractivity contribution in [2.45, 2.75) is 45.5 Å². The minimum absolute atomic E-state index is 0.110. The minimum Gasteiger partial charge on any atom is -0.519 e. The molecule has 0 saturated carbocycles. The molecule has 1 aliphatic rings. The second-order valence-corrected chi connectivity index (χ2v) is 14.0. The predicted octanol–water partition coefficient (Wildman–Crippen LogP) is 5.41. The Hall–Kier alpha value is -2.03. The summed E-state index contributed by atoms with van der Waals surface area (Å²) in [6.07, 6.45) is 0. The molecule has 0 spiro atoms. The van der Waals surface area contributed by atoms with Gasteiger partial charge in [-0.15, -0.1) is 0 Å². The quantitative estimate of drug-likeness (QED) is 0.468. The SMILES string of the molecule is CC(C)(C)[Si](C)(C)Oc1ccc(COC(=S)Nc2ccc(N3CCOCC3)cc2)o1. The maximum atomic E-state index is 6.17. The van der Waals surface area contributed by atoms with Crippen LogP contribution in [0.1, 0.15) is 26.5 Å². The van der Waals surface area contributed by atoms with Crippen LogP contribution in [-0.2, 0) is 16.1 Å². The second kappa shape index (κ2) is 9.41. The molecule has 0 unspecified atom stereocenters. The van der Waals surface area contributed by atoms with Crippen molar-refractivity contribution in [2.75, 3.05) is 36.5 Å². The molecular formula is C22H32N2O4SSi. The molecule has 6 nitrogen and oxygen atoms in total. The molecule has 1 aromatic heterocycles. The van der Waals surface area contributed by atoms with E-state index < -0.39 is 8.32 Å². The number of hydrogen-bond donors (Lipinski definition) is 1. The van der Waals surface area contributed by atoms with E-state index >= 15 is 0 Å². The number of nitrogens with zero attached hydrogens (tertiary/aromatic N) is 1. The lowest BCUT2D eigenvalue weighted by molar-refractivity contribution is 0.122. The van der Waals surface area contributed by atoms with Crippen molar-refractivity contribution in [1.82, 2.24) is 0 Å². The smallest absolute Gasteiger partial charge is 0.270 e. The molecule has 2 aromatic rings. The van der Waals surface area contributed by atoms with E-state index in [0.29, 0.717) is 16.9 Å². The van der Waals surface area contributed by atoms with Gasteiger partial charge >= 0.3 is 0 Å². The normalized spacial score (nSPS) is 15.0. The molecule has 2 heterocycles. The lowest BCUT2D eigenvalue weighted by Gasteiger charge is -2.35. The van der Waals surface area contributed by atoms with Gasteiger partial charge in [-0.1, -0.05) is 20.8 Å². The number of anilines is 2. The van der Waals surface area contributed by atoms with Crippen LogP contribution in [0.4, 0.5) is 11.4 Å². The number of ether oxygens (including phenoxy) is 2. The standard InChI is InChI=1S/C22H32N2O4SSi/c1-22(2,3)30(4,5)28-20-11-10-19(27-20)16-26-21(29)23-17-6-8-18(9-7-17)24-12-14-25-15-13-24/h6-11H,12-16H2,1-5H3,(H,23,29). The molecule has 0 aliphatic carbocycles. The Bertz CT molecular complexity index is 840. The highest BCUT2D eigenvalue weighted by Crippen LogP contribution is 2.37. The highest BCUT2D eigenvalue weighted by Gasteiger charge is 2.39. The average Bonchev–Trinajstić information content (AvgIpc) is 3.13. The lowest BCUT2D eigenvalue weighted by Crippen LogP contribution is -2.43. The topological polar surface area (TPSA) is 56.1 Å². The fourth-order valence-corrected chi connectivity index (χ4v) is 3.86. The van der Waals surface area contributed by atoms with Crippen LogP contribution in [0.3, 0.4) is 0 Å². The molecule has 3 rings (SSSR count). The van der Waals surface area contributed by atoms with Gasteiger partial charge in [0.1, 0.15) is 12.4 Å². The first-order valence-electron chi connectivity index (χ1n) is 10.3. The van der Waals surface area contributed by atoms with Gasteiger partial charge in [-0.3, -0.25) is 0 Å². The fraction of sp³-hybridized carbons (Fsp3) is 0.500. The first-order chi connectivity index (χ1) is 14.1. The third kappa shape index (κ3) is 5.99. The average molecular weight is 449 g/mol. The van der Waals surface area contributed by atoms with E-state index in [0.717, 1.165) is 32.0 Å². The summed E-state index contributed by atoms with van der Waals surface area (Å²) in [5.41, 5.74) is 2.07. The van der Waals surface area contributed by atoms with Crippen molar-refractivity contribution >= 4 is 37.1 Å². The molecule has 0 atom stereocenters. The predicted molar refractivity (Wildman–Crippen MR) is 127 cm³/mol. The van der Waals surface area contributed by atoms with Gasteiger partial charge in [-0.05, 0) is 60.7 Å². The van der Waals surface area contributed by atoms with Gasteiger partial charge in [0, 0.05) is 30.5 Å². The van der Waals surface area contributed by atoms with E-state index in [2.05, 4.69) is 56.2 Å². The van der Waals surface area contributed by atoms with E-state index in [9.17, 15) is 0 Å². The Labute approximate surface area is 185 Å². The second-order valence-electron chi connectivity index (χ2n) is 8.93. The van der Waals surface area contributed by atoms with Crippen LogP contribution < -0.4 is 14.6 Å². The molecule has 30 heavy (non-hydrogen) atoms. The van der Waals surface area contributed by atoms with Crippen LogP contribution in [0.25, 0.3) is 0 Å². The van der Waals surface area contributed by atoms with Crippen LogP contribution in [-0.4, -0.2) is 39.8 Å². The molecule has 1 N–H and O–H groups in total. The third-order valence-corrected chi connectivity index (χ3v) is 10.2. The number of furan rings is 1.